The Bertz CT molecular complexity index is 600. The van der Waals surface area contributed by atoms with Crippen molar-refractivity contribution in [3.8, 4) is 11.5 Å². The van der Waals surface area contributed by atoms with E-state index in [1.807, 2.05) is 0 Å². The first-order valence-electron chi connectivity index (χ1n) is 5.58. The van der Waals surface area contributed by atoms with Crippen molar-refractivity contribution in [1.29, 1.82) is 0 Å². The largest absolute Gasteiger partial charge is 0.453 e. The Labute approximate surface area is 114 Å². The molecule has 0 spiro atoms. The molecule has 0 aliphatic rings. The minimum absolute atomic E-state index is 0.190. The summed E-state index contributed by atoms with van der Waals surface area (Å²) in [6.07, 6.45) is -0.669. The van der Waals surface area contributed by atoms with Gasteiger partial charge in [0.2, 0.25) is 5.82 Å². The monoisotopic (exact) mass is 284 g/mol. The van der Waals surface area contributed by atoms with E-state index in [4.69, 9.17) is 16.3 Å². The van der Waals surface area contributed by atoms with E-state index in [0.717, 1.165) is 6.07 Å². The maximum Gasteiger partial charge on any atom is 0.201 e. The fourth-order valence-electron chi connectivity index (χ4n) is 1.54. The molecular formula is C14H11ClF2O2. The summed E-state index contributed by atoms with van der Waals surface area (Å²) in [6.45, 7) is 1.60. The molecule has 0 radical (unpaired) electrons. The molecule has 0 saturated carbocycles. The lowest BCUT2D eigenvalue weighted by molar-refractivity contribution is 0.199. The van der Waals surface area contributed by atoms with Gasteiger partial charge in [0.15, 0.2) is 11.6 Å². The third kappa shape index (κ3) is 3.03. The first-order valence-corrected chi connectivity index (χ1v) is 5.96. The van der Waals surface area contributed by atoms with E-state index in [1.165, 1.54) is 24.3 Å². The molecule has 0 amide bonds. The molecule has 2 nitrogen and oxygen atoms in total. The minimum atomic E-state index is -1.07. The quantitative estimate of drug-likeness (QED) is 0.901. The fraction of sp³-hybridized carbons (Fsp3) is 0.143. The molecule has 0 fully saturated rings. The topological polar surface area (TPSA) is 29.5 Å². The standard InChI is InChI=1S/C14H11ClF2O2/c1-8(18)9-5-6-12(10(15)7-9)19-13-4-2-3-11(16)14(13)17/h2-8,18H,1H3/t8-/m0/s1. The second kappa shape index (κ2) is 5.55. The van der Waals surface area contributed by atoms with Crippen LogP contribution in [0.2, 0.25) is 5.02 Å². The van der Waals surface area contributed by atoms with Crippen LogP contribution in [-0.4, -0.2) is 5.11 Å². The summed E-state index contributed by atoms with van der Waals surface area (Å²) in [5.41, 5.74) is 0.608. The highest BCUT2D eigenvalue weighted by Crippen LogP contribution is 2.33. The minimum Gasteiger partial charge on any atom is -0.453 e. The van der Waals surface area contributed by atoms with Crippen molar-refractivity contribution in [3.05, 3.63) is 58.6 Å². The Hall–Kier alpha value is -1.65. The van der Waals surface area contributed by atoms with Crippen LogP contribution < -0.4 is 4.74 Å². The lowest BCUT2D eigenvalue weighted by Crippen LogP contribution is -1.94. The summed E-state index contributed by atoms with van der Waals surface area (Å²) in [5.74, 6) is -2.12. The van der Waals surface area contributed by atoms with Crippen molar-refractivity contribution in [2.24, 2.45) is 0 Å². The summed E-state index contributed by atoms with van der Waals surface area (Å²) >= 11 is 5.96. The average molecular weight is 285 g/mol. The summed E-state index contributed by atoms with van der Waals surface area (Å²) < 4.78 is 31.7. The Morgan fingerprint density at radius 1 is 1.16 bits per heavy atom. The van der Waals surface area contributed by atoms with Gasteiger partial charge in [0, 0.05) is 0 Å². The molecule has 2 rings (SSSR count). The molecule has 0 bridgehead atoms. The van der Waals surface area contributed by atoms with Crippen LogP contribution in [0.5, 0.6) is 11.5 Å². The first-order chi connectivity index (χ1) is 8.99. The highest BCUT2D eigenvalue weighted by atomic mass is 35.5. The van der Waals surface area contributed by atoms with Gasteiger partial charge in [0.1, 0.15) is 5.75 Å². The Morgan fingerprint density at radius 2 is 1.89 bits per heavy atom. The summed E-state index contributed by atoms with van der Waals surface area (Å²) in [7, 11) is 0. The first kappa shape index (κ1) is 13.8. The van der Waals surface area contributed by atoms with Crippen molar-refractivity contribution in [2.45, 2.75) is 13.0 Å². The number of aliphatic hydroxyl groups is 1. The Balaban J connectivity index is 2.31. The molecule has 100 valence electrons. The molecule has 0 heterocycles. The maximum atomic E-state index is 13.4. The highest BCUT2D eigenvalue weighted by molar-refractivity contribution is 6.32. The predicted octanol–water partition coefficient (Wildman–Crippen LogP) is 4.46. The van der Waals surface area contributed by atoms with Crippen LogP contribution in [0.4, 0.5) is 8.78 Å². The molecule has 0 aromatic heterocycles. The second-order valence-corrected chi connectivity index (χ2v) is 4.43. The zero-order valence-corrected chi connectivity index (χ0v) is 10.8. The van der Waals surface area contributed by atoms with Crippen LogP contribution in [0.25, 0.3) is 0 Å². The van der Waals surface area contributed by atoms with Crippen molar-refractivity contribution >= 4 is 11.6 Å². The van der Waals surface area contributed by atoms with Gasteiger partial charge in [-0.3, -0.25) is 0 Å². The number of ether oxygens (including phenoxy) is 1. The third-order valence-electron chi connectivity index (χ3n) is 2.57. The van der Waals surface area contributed by atoms with Gasteiger partial charge in [-0.15, -0.1) is 0 Å². The maximum absolute atomic E-state index is 13.4. The van der Waals surface area contributed by atoms with Crippen LogP contribution in [0.1, 0.15) is 18.6 Å². The Morgan fingerprint density at radius 3 is 2.53 bits per heavy atom. The lowest BCUT2D eigenvalue weighted by atomic mass is 10.1. The van der Waals surface area contributed by atoms with E-state index in [-0.39, 0.29) is 16.5 Å². The van der Waals surface area contributed by atoms with Crippen molar-refractivity contribution < 1.29 is 18.6 Å². The normalized spacial score (nSPS) is 12.3. The van der Waals surface area contributed by atoms with Gasteiger partial charge in [0.25, 0.3) is 0 Å². The van der Waals surface area contributed by atoms with Gasteiger partial charge in [-0.05, 0) is 36.8 Å². The second-order valence-electron chi connectivity index (χ2n) is 4.02. The van der Waals surface area contributed by atoms with Gasteiger partial charge in [-0.1, -0.05) is 23.7 Å². The van der Waals surface area contributed by atoms with Crippen LogP contribution in [0, 0.1) is 11.6 Å². The van der Waals surface area contributed by atoms with Crippen molar-refractivity contribution in [1.82, 2.24) is 0 Å². The van der Waals surface area contributed by atoms with Crippen LogP contribution in [0.3, 0.4) is 0 Å². The van der Waals surface area contributed by atoms with Crippen LogP contribution >= 0.6 is 11.6 Å². The SMILES string of the molecule is C[C@H](O)c1ccc(Oc2cccc(F)c2F)c(Cl)c1. The molecule has 0 aliphatic carbocycles. The van der Waals surface area contributed by atoms with E-state index < -0.39 is 17.7 Å². The molecule has 0 unspecified atom stereocenters. The van der Waals surface area contributed by atoms with E-state index in [9.17, 15) is 13.9 Å². The van der Waals surface area contributed by atoms with Gasteiger partial charge < -0.3 is 9.84 Å². The molecule has 19 heavy (non-hydrogen) atoms. The van der Waals surface area contributed by atoms with Gasteiger partial charge in [-0.25, -0.2) is 4.39 Å². The number of halogens is 3. The van der Waals surface area contributed by atoms with E-state index in [0.29, 0.717) is 5.56 Å². The molecule has 0 aliphatic heterocycles. The van der Waals surface area contributed by atoms with Crippen molar-refractivity contribution in [2.75, 3.05) is 0 Å². The smallest absolute Gasteiger partial charge is 0.201 e. The van der Waals surface area contributed by atoms with E-state index in [2.05, 4.69) is 0 Å². The molecule has 2 aromatic rings. The van der Waals surface area contributed by atoms with Gasteiger partial charge >= 0.3 is 0 Å². The zero-order valence-electron chi connectivity index (χ0n) is 10.0. The van der Waals surface area contributed by atoms with Gasteiger partial charge in [0.05, 0.1) is 11.1 Å². The average Bonchev–Trinajstić information content (AvgIpc) is 2.37. The highest BCUT2D eigenvalue weighted by Gasteiger charge is 2.12. The summed E-state index contributed by atoms with van der Waals surface area (Å²) in [5, 5.41) is 9.61. The summed E-state index contributed by atoms with van der Waals surface area (Å²) in [6, 6.07) is 8.25. The van der Waals surface area contributed by atoms with E-state index in [1.54, 1.807) is 13.0 Å². The number of benzene rings is 2. The number of hydrogen-bond acceptors (Lipinski definition) is 2. The molecule has 0 saturated heterocycles. The molecule has 1 atom stereocenters. The molecule has 1 N–H and O–H groups in total. The Kier molecular flexibility index (Phi) is 4.02. The number of hydrogen-bond donors (Lipinski definition) is 1. The number of rotatable bonds is 3. The molecule has 5 heteroatoms. The van der Waals surface area contributed by atoms with Crippen LogP contribution in [-0.2, 0) is 0 Å². The third-order valence-corrected chi connectivity index (χ3v) is 2.87. The number of aliphatic hydroxyl groups excluding tert-OH is 1. The van der Waals surface area contributed by atoms with Gasteiger partial charge in [-0.2, -0.15) is 4.39 Å². The van der Waals surface area contributed by atoms with Crippen molar-refractivity contribution in [3.63, 3.8) is 0 Å². The fourth-order valence-corrected chi connectivity index (χ4v) is 1.77. The molecule has 2 aromatic carbocycles. The molecular weight excluding hydrogens is 274 g/mol. The zero-order chi connectivity index (χ0) is 14.0. The summed E-state index contributed by atoms with van der Waals surface area (Å²) in [4.78, 5) is 0. The van der Waals surface area contributed by atoms with Crippen LogP contribution in [0.15, 0.2) is 36.4 Å². The lowest BCUT2D eigenvalue weighted by Gasteiger charge is -2.11. The van der Waals surface area contributed by atoms with E-state index >= 15 is 0 Å². The predicted molar refractivity (Wildman–Crippen MR) is 68.5 cm³/mol.